The first kappa shape index (κ1) is 23.1. The molecule has 2 atom stereocenters. The molecule has 0 bridgehead atoms. The Morgan fingerprint density at radius 2 is 1.86 bits per heavy atom. The third-order valence-corrected chi connectivity index (χ3v) is 8.27. The maximum atomic E-state index is 14.5. The second-order valence-corrected chi connectivity index (χ2v) is 10.5. The summed E-state index contributed by atoms with van der Waals surface area (Å²) in [5, 5.41) is 4.22. The number of piperazine rings is 1. The fourth-order valence-corrected chi connectivity index (χ4v) is 6.10. The van der Waals surface area contributed by atoms with Crippen LogP contribution in [0.4, 0.5) is 14.6 Å². The number of rotatable bonds is 3. The molecule has 0 amide bonds. The van der Waals surface area contributed by atoms with Crippen molar-refractivity contribution in [1.29, 1.82) is 0 Å². The topological polar surface area (TPSA) is 59.3 Å². The summed E-state index contributed by atoms with van der Waals surface area (Å²) in [6, 6.07) is 10.4. The number of halogens is 2. The summed E-state index contributed by atoms with van der Waals surface area (Å²) >= 11 is 1.53. The van der Waals surface area contributed by atoms with Gasteiger partial charge in [-0.3, -0.25) is 4.90 Å². The van der Waals surface area contributed by atoms with E-state index < -0.39 is 11.6 Å². The first-order chi connectivity index (χ1) is 17.4. The lowest BCUT2D eigenvalue weighted by molar-refractivity contribution is 0.169. The molecule has 0 unspecified atom stereocenters. The van der Waals surface area contributed by atoms with E-state index in [-0.39, 0.29) is 5.69 Å². The van der Waals surface area contributed by atoms with E-state index in [0.29, 0.717) is 24.5 Å². The van der Waals surface area contributed by atoms with Crippen molar-refractivity contribution in [3.05, 3.63) is 59.9 Å². The maximum Gasteiger partial charge on any atom is 0.173 e. The molecule has 2 aliphatic heterocycles. The van der Waals surface area contributed by atoms with E-state index in [1.54, 1.807) is 0 Å². The average Bonchev–Trinajstić information content (AvgIpc) is 3.46. The number of aromatic nitrogens is 4. The minimum Gasteiger partial charge on any atom is -0.491 e. The van der Waals surface area contributed by atoms with Crippen molar-refractivity contribution in [2.75, 3.05) is 31.6 Å². The van der Waals surface area contributed by atoms with Crippen molar-refractivity contribution in [3.8, 4) is 32.7 Å². The van der Waals surface area contributed by atoms with E-state index >= 15 is 0 Å². The van der Waals surface area contributed by atoms with Crippen LogP contribution in [-0.2, 0) is 6.42 Å². The van der Waals surface area contributed by atoms with Gasteiger partial charge in [0.05, 0.1) is 16.4 Å². The lowest BCUT2D eigenvalue weighted by atomic mass is 10.1. The molecular formula is C26H26F2N6OS. The van der Waals surface area contributed by atoms with Crippen LogP contribution in [0.2, 0.25) is 0 Å². The van der Waals surface area contributed by atoms with Crippen molar-refractivity contribution in [2.45, 2.75) is 32.4 Å². The van der Waals surface area contributed by atoms with Gasteiger partial charge in [0, 0.05) is 37.7 Å². The average molecular weight is 509 g/mol. The Morgan fingerprint density at radius 3 is 2.64 bits per heavy atom. The quantitative estimate of drug-likeness (QED) is 0.396. The van der Waals surface area contributed by atoms with Crippen LogP contribution in [0.3, 0.4) is 0 Å². The Morgan fingerprint density at radius 1 is 1.06 bits per heavy atom. The molecule has 0 saturated carbocycles. The van der Waals surface area contributed by atoms with Crippen LogP contribution in [-0.4, -0.2) is 63.5 Å². The summed E-state index contributed by atoms with van der Waals surface area (Å²) in [6.07, 6.45) is 2.10. The number of pyridine rings is 1. The molecule has 0 spiro atoms. The van der Waals surface area contributed by atoms with E-state index in [2.05, 4.69) is 46.8 Å². The van der Waals surface area contributed by atoms with E-state index in [0.717, 1.165) is 58.2 Å². The van der Waals surface area contributed by atoms with Crippen molar-refractivity contribution in [3.63, 3.8) is 0 Å². The summed E-state index contributed by atoms with van der Waals surface area (Å²) in [5.74, 6) is 0.860. The number of hydrogen-bond donors (Lipinski definition) is 0. The number of fused-ring (bicyclic) bond motifs is 3. The van der Waals surface area contributed by atoms with E-state index in [1.807, 2.05) is 12.1 Å². The van der Waals surface area contributed by atoms with Crippen LogP contribution >= 0.6 is 11.3 Å². The largest absolute Gasteiger partial charge is 0.491 e. The first-order valence-corrected chi connectivity index (χ1v) is 12.8. The van der Waals surface area contributed by atoms with Gasteiger partial charge < -0.3 is 9.64 Å². The zero-order chi connectivity index (χ0) is 25.0. The summed E-state index contributed by atoms with van der Waals surface area (Å²) in [5.41, 5.74) is 2.07. The third kappa shape index (κ3) is 3.94. The molecule has 36 heavy (non-hydrogen) atoms. The number of ether oxygens (including phenoxy) is 1. The van der Waals surface area contributed by atoms with Crippen LogP contribution in [0.5, 0.6) is 5.75 Å². The fourth-order valence-electron chi connectivity index (χ4n) is 4.92. The second-order valence-electron chi connectivity index (χ2n) is 9.44. The Labute approximate surface area is 212 Å². The van der Waals surface area contributed by atoms with Gasteiger partial charge in [0.15, 0.2) is 11.6 Å². The monoisotopic (exact) mass is 508 g/mol. The fraction of sp³-hybridized carbons (Fsp3) is 0.346. The Hall–Kier alpha value is -3.37. The molecule has 7 nitrogen and oxygen atoms in total. The van der Waals surface area contributed by atoms with Crippen molar-refractivity contribution in [2.24, 2.45) is 0 Å². The van der Waals surface area contributed by atoms with Crippen LogP contribution in [0.15, 0.2) is 42.7 Å². The molecule has 4 aromatic rings. The Kier molecular flexibility index (Phi) is 5.72. The summed E-state index contributed by atoms with van der Waals surface area (Å²) in [7, 11) is 2.17. The molecule has 0 N–H and O–H groups in total. The summed E-state index contributed by atoms with van der Waals surface area (Å²) in [6.45, 7) is 6.82. The lowest BCUT2D eigenvalue weighted by Crippen LogP contribution is -2.55. The highest BCUT2D eigenvalue weighted by atomic mass is 32.1. The van der Waals surface area contributed by atoms with Crippen LogP contribution in [0.1, 0.15) is 19.4 Å². The molecular weight excluding hydrogens is 482 g/mol. The molecule has 6 rings (SSSR count). The van der Waals surface area contributed by atoms with Crippen LogP contribution < -0.4 is 9.64 Å². The number of nitrogens with zero attached hydrogens (tertiary/aromatic N) is 6. The zero-order valence-corrected chi connectivity index (χ0v) is 21.1. The highest BCUT2D eigenvalue weighted by Crippen LogP contribution is 2.43. The predicted molar refractivity (Wildman–Crippen MR) is 136 cm³/mol. The standard InChI is InChI=1S/C26H26F2N6OS/c1-15-12-33(13-16(2)32(15)3)23-7-6-21-24(31-23)25-17(8-9-35-21)10-22(36-25)26-29-14-30-34(26)20-5-4-18(27)11-19(20)28/h4-7,10-11,14-16H,8-9,12-13H2,1-3H3/t15-,16+. The molecule has 1 saturated heterocycles. The van der Waals surface area contributed by atoms with Crippen molar-refractivity contribution < 1.29 is 13.5 Å². The second kappa shape index (κ2) is 8.94. The van der Waals surface area contributed by atoms with Crippen molar-refractivity contribution >= 4 is 17.2 Å². The van der Waals surface area contributed by atoms with Gasteiger partial charge >= 0.3 is 0 Å². The van der Waals surface area contributed by atoms with E-state index in [1.165, 1.54) is 34.5 Å². The number of anilines is 1. The van der Waals surface area contributed by atoms with Gasteiger partial charge in [0.1, 0.15) is 35.1 Å². The molecule has 0 radical (unpaired) electrons. The van der Waals surface area contributed by atoms with Crippen molar-refractivity contribution in [1.82, 2.24) is 24.6 Å². The van der Waals surface area contributed by atoms with Gasteiger partial charge in [0.25, 0.3) is 0 Å². The normalized spacial score (nSPS) is 20.0. The highest BCUT2D eigenvalue weighted by Gasteiger charge is 2.29. The maximum absolute atomic E-state index is 14.5. The molecule has 2 aliphatic rings. The number of benzene rings is 1. The molecule has 10 heteroatoms. The van der Waals surface area contributed by atoms with Gasteiger partial charge in [-0.15, -0.1) is 11.3 Å². The predicted octanol–water partition coefficient (Wildman–Crippen LogP) is 4.80. The minimum atomic E-state index is -0.694. The van der Waals surface area contributed by atoms with Crippen LogP contribution in [0, 0.1) is 11.6 Å². The van der Waals surface area contributed by atoms with E-state index in [9.17, 15) is 8.78 Å². The van der Waals surface area contributed by atoms with Gasteiger partial charge in [-0.25, -0.2) is 23.4 Å². The zero-order valence-electron chi connectivity index (χ0n) is 20.3. The molecule has 0 aliphatic carbocycles. The number of thiophene rings is 1. The molecule has 1 aromatic carbocycles. The minimum absolute atomic E-state index is 0.148. The summed E-state index contributed by atoms with van der Waals surface area (Å²) < 4.78 is 35.4. The Bertz CT molecular complexity index is 1420. The highest BCUT2D eigenvalue weighted by molar-refractivity contribution is 7.19. The van der Waals surface area contributed by atoms with Gasteiger partial charge in [-0.05, 0) is 56.8 Å². The molecule has 5 heterocycles. The molecule has 1 fully saturated rings. The first-order valence-electron chi connectivity index (χ1n) is 12.0. The number of hydrogen-bond acceptors (Lipinski definition) is 7. The number of likely N-dealkylation sites (N-methyl/N-ethyl adjacent to an activating group) is 1. The third-order valence-electron chi connectivity index (χ3n) is 7.09. The smallest absolute Gasteiger partial charge is 0.173 e. The van der Waals surface area contributed by atoms with Gasteiger partial charge in [0.2, 0.25) is 0 Å². The summed E-state index contributed by atoms with van der Waals surface area (Å²) in [4.78, 5) is 16.1. The molecule has 3 aromatic heterocycles. The Balaban J connectivity index is 1.40. The van der Waals surface area contributed by atoms with Gasteiger partial charge in [-0.1, -0.05) is 0 Å². The molecule has 186 valence electrons. The SMILES string of the molecule is C[C@@H]1CN(c2ccc3c(n2)-c2sc(-c4ncnn4-c4ccc(F)cc4F)cc2CCO3)C[C@H](C)N1C. The van der Waals surface area contributed by atoms with Gasteiger partial charge in [-0.2, -0.15) is 5.10 Å². The van der Waals surface area contributed by atoms with Crippen LogP contribution in [0.25, 0.3) is 27.0 Å². The lowest BCUT2D eigenvalue weighted by Gasteiger charge is -2.43. The van der Waals surface area contributed by atoms with E-state index in [4.69, 9.17) is 9.72 Å².